The van der Waals surface area contributed by atoms with E-state index in [1.807, 2.05) is 12.5 Å². The highest BCUT2D eigenvalue weighted by atomic mass is 32.1. The molecule has 3 aromatic rings. The van der Waals surface area contributed by atoms with Gasteiger partial charge in [0.2, 0.25) is 0 Å². The molecule has 0 atom stereocenters. The number of aryl methyl sites for hydroxylation is 3. The summed E-state index contributed by atoms with van der Waals surface area (Å²) >= 11 is 1.72. The summed E-state index contributed by atoms with van der Waals surface area (Å²) in [5, 5.41) is 4.55. The fourth-order valence-corrected chi connectivity index (χ4v) is 3.27. The van der Waals surface area contributed by atoms with Crippen molar-refractivity contribution in [3.8, 4) is 0 Å². The Hall–Kier alpha value is -1.95. The highest BCUT2D eigenvalue weighted by Crippen LogP contribution is 2.32. The summed E-state index contributed by atoms with van der Waals surface area (Å²) in [7, 11) is 0. The molecule has 6 heteroatoms. The molecule has 0 aliphatic carbocycles. The average molecular weight is 287 g/mol. The van der Waals surface area contributed by atoms with Gasteiger partial charge < -0.3 is 9.88 Å². The van der Waals surface area contributed by atoms with Crippen molar-refractivity contribution in [1.82, 2.24) is 19.5 Å². The number of nitrogens with zero attached hydrogens (tertiary/aromatic N) is 4. The van der Waals surface area contributed by atoms with E-state index in [2.05, 4.69) is 45.6 Å². The molecule has 0 saturated carbocycles. The van der Waals surface area contributed by atoms with Gasteiger partial charge in [0.05, 0.1) is 24.0 Å². The standard InChI is InChI=1S/C14H17N5S/c1-4-19-8-15-5-11(19)6-16-13-12-9(2)10(3)20-14(12)18-7-17-13/h5,7-8H,4,6H2,1-3H3,(H,16,17,18). The first-order valence-corrected chi connectivity index (χ1v) is 7.46. The minimum absolute atomic E-state index is 0.717. The van der Waals surface area contributed by atoms with E-state index in [9.17, 15) is 0 Å². The molecule has 0 bridgehead atoms. The molecular weight excluding hydrogens is 270 g/mol. The molecular formula is C14H17N5S. The number of hydrogen-bond donors (Lipinski definition) is 1. The number of fused-ring (bicyclic) bond motifs is 1. The Balaban J connectivity index is 1.91. The predicted molar refractivity (Wildman–Crippen MR) is 82.1 cm³/mol. The maximum atomic E-state index is 4.39. The molecule has 5 nitrogen and oxygen atoms in total. The van der Waals surface area contributed by atoms with Crippen molar-refractivity contribution < 1.29 is 0 Å². The number of hydrogen-bond acceptors (Lipinski definition) is 5. The quantitative estimate of drug-likeness (QED) is 0.801. The zero-order chi connectivity index (χ0) is 14.1. The van der Waals surface area contributed by atoms with Gasteiger partial charge in [-0.15, -0.1) is 11.3 Å². The molecule has 20 heavy (non-hydrogen) atoms. The molecule has 0 radical (unpaired) electrons. The van der Waals surface area contributed by atoms with Crippen LogP contribution in [-0.4, -0.2) is 19.5 Å². The van der Waals surface area contributed by atoms with Crippen molar-refractivity contribution in [3.05, 3.63) is 35.0 Å². The molecule has 0 aliphatic rings. The minimum atomic E-state index is 0.717. The van der Waals surface area contributed by atoms with Gasteiger partial charge in [-0.3, -0.25) is 0 Å². The van der Waals surface area contributed by atoms with E-state index in [0.29, 0.717) is 6.54 Å². The lowest BCUT2D eigenvalue weighted by atomic mass is 10.2. The van der Waals surface area contributed by atoms with Crippen LogP contribution in [0.2, 0.25) is 0 Å². The van der Waals surface area contributed by atoms with Crippen molar-refractivity contribution in [1.29, 1.82) is 0 Å². The third kappa shape index (κ3) is 2.16. The maximum absolute atomic E-state index is 4.39. The van der Waals surface area contributed by atoms with E-state index >= 15 is 0 Å². The Morgan fingerprint density at radius 2 is 2.15 bits per heavy atom. The van der Waals surface area contributed by atoms with Crippen molar-refractivity contribution in [2.24, 2.45) is 0 Å². The van der Waals surface area contributed by atoms with Crippen LogP contribution < -0.4 is 5.32 Å². The third-order valence-corrected chi connectivity index (χ3v) is 4.66. The Morgan fingerprint density at radius 1 is 1.30 bits per heavy atom. The minimum Gasteiger partial charge on any atom is -0.364 e. The van der Waals surface area contributed by atoms with Crippen LogP contribution in [-0.2, 0) is 13.1 Å². The summed E-state index contributed by atoms with van der Waals surface area (Å²) in [5.74, 6) is 0.903. The highest BCUT2D eigenvalue weighted by Gasteiger charge is 2.12. The van der Waals surface area contributed by atoms with Gasteiger partial charge in [0.1, 0.15) is 17.0 Å². The van der Waals surface area contributed by atoms with Crippen LogP contribution in [0, 0.1) is 13.8 Å². The van der Waals surface area contributed by atoms with Crippen LogP contribution in [0.5, 0.6) is 0 Å². The summed E-state index contributed by atoms with van der Waals surface area (Å²) in [6.07, 6.45) is 5.37. The SMILES string of the molecule is CCn1cncc1CNc1ncnc2sc(C)c(C)c12. The van der Waals surface area contributed by atoms with Crippen LogP contribution in [0.1, 0.15) is 23.1 Å². The second-order valence-electron chi connectivity index (χ2n) is 4.71. The van der Waals surface area contributed by atoms with Gasteiger partial charge in [0.25, 0.3) is 0 Å². The van der Waals surface area contributed by atoms with Crippen molar-refractivity contribution in [2.45, 2.75) is 33.9 Å². The van der Waals surface area contributed by atoms with E-state index in [-0.39, 0.29) is 0 Å². The van der Waals surface area contributed by atoms with E-state index in [1.54, 1.807) is 17.7 Å². The van der Waals surface area contributed by atoms with Crippen molar-refractivity contribution >= 4 is 27.4 Å². The lowest BCUT2D eigenvalue weighted by molar-refractivity contribution is 0.719. The normalized spacial score (nSPS) is 11.2. The summed E-state index contributed by atoms with van der Waals surface area (Å²) in [6, 6.07) is 0. The van der Waals surface area contributed by atoms with Crippen molar-refractivity contribution in [3.63, 3.8) is 0 Å². The first-order valence-electron chi connectivity index (χ1n) is 6.64. The van der Waals surface area contributed by atoms with Gasteiger partial charge in [-0.1, -0.05) is 0 Å². The Labute approximate surface area is 121 Å². The first-order chi connectivity index (χ1) is 9.70. The molecule has 0 fully saturated rings. The number of aromatic nitrogens is 4. The molecule has 0 aromatic carbocycles. The van der Waals surface area contributed by atoms with Gasteiger partial charge in [0, 0.05) is 17.6 Å². The largest absolute Gasteiger partial charge is 0.364 e. The molecule has 1 N–H and O–H groups in total. The molecule has 0 unspecified atom stereocenters. The molecule has 3 rings (SSSR count). The van der Waals surface area contributed by atoms with Gasteiger partial charge >= 0.3 is 0 Å². The number of rotatable bonds is 4. The topological polar surface area (TPSA) is 55.6 Å². The maximum Gasteiger partial charge on any atom is 0.138 e. The summed E-state index contributed by atoms with van der Waals surface area (Å²) in [5.41, 5.74) is 2.42. The fraction of sp³-hybridized carbons (Fsp3) is 0.357. The molecule has 3 aromatic heterocycles. The highest BCUT2D eigenvalue weighted by molar-refractivity contribution is 7.18. The molecule has 0 saturated heterocycles. The van der Waals surface area contributed by atoms with E-state index in [1.165, 1.54) is 10.4 Å². The van der Waals surface area contributed by atoms with Gasteiger partial charge in [-0.2, -0.15) is 0 Å². The summed E-state index contributed by atoms with van der Waals surface area (Å²) in [6.45, 7) is 8.00. The van der Waals surface area contributed by atoms with E-state index in [4.69, 9.17) is 0 Å². The van der Waals surface area contributed by atoms with E-state index in [0.717, 1.165) is 28.3 Å². The Morgan fingerprint density at radius 3 is 2.95 bits per heavy atom. The summed E-state index contributed by atoms with van der Waals surface area (Å²) in [4.78, 5) is 15.3. The van der Waals surface area contributed by atoms with Crippen LogP contribution in [0.4, 0.5) is 5.82 Å². The Bertz CT molecular complexity index is 743. The predicted octanol–water partition coefficient (Wildman–Crippen LogP) is 3.14. The lowest BCUT2D eigenvalue weighted by Gasteiger charge is -2.08. The van der Waals surface area contributed by atoms with Gasteiger partial charge in [-0.05, 0) is 26.3 Å². The fourth-order valence-electron chi connectivity index (χ4n) is 2.27. The molecule has 3 heterocycles. The lowest BCUT2D eigenvalue weighted by Crippen LogP contribution is -2.07. The number of nitrogens with one attached hydrogen (secondary N) is 1. The zero-order valence-electron chi connectivity index (χ0n) is 11.8. The van der Waals surface area contributed by atoms with Crippen LogP contribution in [0.25, 0.3) is 10.2 Å². The molecule has 104 valence electrons. The third-order valence-electron chi connectivity index (χ3n) is 3.54. The van der Waals surface area contributed by atoms with Gasteiger partial charge in [0.15, 0.2) is 0 Å². The van der Waals surface area contributed by atoms with Crippen LogP contribution in [0.3, 0.4) is 0 Å². The van der Waals surface area contributed by atoms with Crippen molar-refractivity contribution in [2.75, 3.05) is 5.32 Å². The summed E-state index contributed by atoms with van der Waals surface area (Å²) < 4.78 is 2.12. The number of anilines is 1. The van der Waals surface area contributed by atoms with Crippen LogP contribution >= 0.6 is 11.3 Å². The molecule has 0 spiro atoms. The second kappa shape index (κ2) is 5.20. The molecule has 0 amide bonds. The monoisotopic (exact) mass is 287 g/mol. The number of thiophene rings is 1. The Kier molecular flexibility index (Phi) is 3.40. The second-order valence-corrected chi connectivity index (χ2v) is 5.91. The van der Waals surface area contributed by atoms with Gasteiger partial charge in [-0.25, -0.2) is 15.0 Å². The first kappa shape index (κ1) is 13.1. The zero-order valence-corrected chi connectivity index (χ0v) is 12.7. The smallest absolute Gasteiger partial charge is 0.138 e. The van der Waals surface area contributed by atoms with Crippen LogP contribution in [0.15, 0.2) is 18.9 Å². The van der Waals surface area contributed by atoms with E-state index < -0.39 is 0 Å². The molecule has 0 aliphatic heterocycles. The number of imidazole rings is 1. The average Bonchev–Trinajstić information content (AvgIpc) is 3.02.